The van der Waals surface area contributed by atoms with E-state index in [4.69, 9.17) is 14.2 Å². The topological polar surface area (TPSA) is 112 Å². The Labute approximate surface area is 878 Å². The number of thioether (sulfide) groups is 3. The highest BCUT2D eigenvalue weighted by molar-refractivity contribution is 8.03. The number of carboxylic acids is 1. The van der Waals surface area contributed by atoms with E-state index in [0.29, 0.717) is 17.6 Å². The number of hydrogen-bond donors (Lipinski definition) is 1. The fourth-order valence-electron chi connectivity index (χ4n) is 19.4. The zero-order valence-electron chi connectivity index (χ0n) is 87.3. The van der Waals surface area contributed by atoms with Crippen LogP contribution >= 0.6 is 35.3 Å². The number of rotatable bonds is 39. The van der Waals surface area contributed by atoms with Crippen LogP contribution in [0.4, 0.5) is 17.1 Å². The molecule has 0 spiro atoms. The van der Waals surface area contributed by atoms with Crippen LogP contribution < -0.4 is 14.7 Å². The number of epoxide rings is 1. The van der Waals surface area contributed by atoms with Gasteiger partial charge in [0, 0.05) is 100 Å². The molecule has 0 aliphatic carbocycles. The first kappa shape index (κ1) is 109. The first-order valence-electron chi connectivity index (χ1n) is 51.4. The predicted molar refractivity (Wildman–Crippen MR) is 609 cm³/mol. The first-order valence-corrected chi connectivity index (χ1v) is 54.0. The van der Waals surface area contributed by atoms with Crippen molar-refractivity contribution in [3.05, 3.63) is 500 Å². The summed E-state index contributed by atoms with van der Waals surface area (Å²) in [6, 6.07) is 141. The predicted octanol–water partition coefficient (Wildman–Crippen LogP) is 34.2. The second-order valence-corrected chi connectivity index (χ2v) is 45.5. The Morgan fingerprint density at radius 1 is 0.359 bits per heavy atom. The third kappa shape index (κ3) is 34.1. The molecule has 0 bridgehead atoms. The molecular weight excluding hydrogens is 1840 g/mol. The van der Waals surface area contributed by atoms with Gasteiger partial charge in [-0.05, 0) is 220 Å². The van der Waals surface area contributed by atoms with E-state index in [2.05, 4.69) is 437 Å². The number of carbonyl (C=O) groups is 3. The van der Waals surface area contributed by atoms with Crippen molar-refractivity contribution in [2.75, 3.05) is 21.3 Å². The molecule has 16 rings (SSSR count). The normalized spacial score (nSPS) is 15.4. The van der Waals surface area contributed by atoms with Gasteiger partial charge in [-0.2, -0.15) is 0 Å². The Balaban J connectivity index is 0.000000172. The van der Waals surface area contributed by atoms with Gasteiger partial charge in [-0.15, -0.1) is 0 Å². The average molecular weight is 1980 g/mol. The van der Waals surface area contributed by atoms with Crippen LogP contribution in [0.25, 0.3) is 0 Å². The molecule has 2 heterocycles. The SMILES string of the molecule is CC(C)(C)OC(=O)C(=CSc1ccccc1)[C@@H](c1cccc(N(Cc2ccccc2)Cc2ccccc2)c1)C(C)(C)C.CC(C)(C)[C@@H](C(=CSc1ccccc1)C(=O)O)c1cccc(N(Cc2ccccc2)Cc2ccccc2)c1.CCC[C@@]1(CCc2ccccc2)CC(Sc2ccccc2)=C([C@@H](c2cccc(N(Cc3ccccc3)Cc3ccccc3)c2)C(C)(C)C)C(=O)O1.CCC[C@@]1(CCc2ccccc2)CO1. The minimum Gasteiger partial charge on any atom is -0.478 e. The maximum absolute atomic E-state index is 14.8. The summed E-state index contributed by atoms with van der Waals surface area (Å²) in [6.45, 7) is 35.5. The van der Waals surface area contributed by atoms with Gasteiger partial charge in [-0.3, -0.25) is 0 Å². The molecule has 2 aliphatic heterocycles. The van der Waals surface area contributed by atoms with Crippen molar-refractivity contribution in [3.8, 4) is 0 Å². The smallest absolute Gasteiger partial charge is 0.336 e. The number of nitrogens with zero attached hydrogens (tertiary/aromatic N) is 3. The van der Waals surface area contributed by atoms with Gasteiger partial charge in [0.2, 0.25) is 0 Å². The van der Waals surface area contributed by atoms with Crippen LogP contribution in [0.5, 0.6) is 0 Å². The van der Waals surface area contributed by atoms with Gasteiger partial charge in [-0.25, -0.2) is 14.4 Å². The zero-order valence-corrected chi connectivity index (χ0v) is 89.8. The number of ether oxygens (including phenoxy) is 3. The second-order valence-electron chi connectivity index (χ2n) is 42.4. The van der Waals surface area contributed by atoms with E-state index in [9.17, 15) is 19.5 Å². The summed E-state index contributed by atoms with van der Waals surface area (Å²) >= 11 is 4.77. The number of anilines is 3. The number of hydrogen-bond acceptors (Lipinski definition) is 12. The number of aliphatic carboxylic acids is 1. The zero-order chi connectivity index (χ0) is 103. The maximum atomic E-state index is 14.8. The second kappa shape index (κ2) is 53.3. The molecule has 1 saturated heterocycles. The summed E-state index contributed by atoms with van der Waals surface area (Å²) in [7, 11) is 0. The molecule has 0 aromatic heterocycles. The van der Waals surface area contributed by atoms with Crippen molar-refractivity contribution in [2.45, 2.75) is 243 Å². The standard InChI is InChI=1S/C47H51NO2S.C38H43NO2S.C34H35NO2S.C13H18O/c1-5-30-47(31-29-36-19-10-6-11-20-36)33-42(51-41-27-16-9-17-28-41)43(45(49)50-47)44(46(2,3)4)39-25-18-26-40(32-39)48(34-37-21-12-7-13-22-37)35-38-23-14-8-15-24-38;1-37(2,3)35(34(36(40)41-38(4,5)6)28-42-33-23-14-9-15-24-33)31-21-16-22-32(25-31)39(26-29-17-10-7-11-18-29)27-30-19-12-8-13-20-30;1-34(2,3)32(31(33(36)37)25-38-30-20-11-6-12-21-30)28-18-13-19-29(22-28)35(23-26-14-7-4-8-15-26)24-27-16-9-5-10-17-27;1-2-9-13(11-14-13)10-8-12-6-4-3-5-7-12/h6-28,32,44H,5,29-31,33-35H2,1-4H3;7-25,28,35H,26-27H2,1-6H3;4-22,25,32H,23-24H2,1-3H3,(H,36,37);3-7H,2,8-11H2,1H3/t44-,47-;35-;32-;13-/m1111/s1. The van der Waals surface area contributed by atoms with E-state index in [0.717, 1.165) is 137 Å². The maximum Gasteiger partial charge on any atom is 0.336 e. The van der Waals surface area contributed by atoms with Crippen LogP contribution in [0.3, 0.4) is 0 Å². The van der Waals surface area contributed by atoms with E-state index >= 15 is 0 Å². The summed E-state index contributed by atoms with van der Waals surface area (Å²) in [4.78, 5) is 52.8. The van der Waals surface area contributed by atoms with Crippen molar-refractivity contribution in [3.63, 3.8) is 0 Å². The van der Waals surface area contributed by atoms with Crippen LogP contribution in [0.15, 0.2) is 454 Å². The van der Waals surface area contributed by atoms with Crippen molar-refractivity contribution >= 4 is 70.3 Å². The Morgan fingerprint density at radius 3 is 0.959 bits per heavy atom. The van der Waals surface area contributed by atoms with E-state index in [1.54, 1.807) is 23.5 Å². The Bertz CT molecular complexity index is 6280. The lowest BCUT2D eigenvalue weighted by atomic mass is 9.70. The van der Waals surface area contributed by atoms with Gasteiger partial charge >= 0.3 is 17.9 Å². The number of esters is 2. The quantitative estimate of drug-likeness (QED) is 0.0171. The Kier molecular flexibility index (Phi) is 40.2. The minimum absolute atomic E-state index is 0.166. The van der Waals surface area contributed by atoms with Crippen molar-refractivity contribution in [2.24, 2.45) is 16.2 Å². The molecule has 145 heavy (non-hydrogen) atoms. The Hall–Kier alpha value is -12.9. The molecule has 0 saturated carbocycles. The molecule has 0 unspecified atom stereocenters. The first-order chi connectivity index (χ1) is 69.9. The van der Waals surface area contributed by atoms with Crippen molar-refractivity contribution in [1.82, 2.24) is 0 Å². The summed E-state index contributed by atoms with van der Waals surface area (Å²) in [6.07, 6.45) is 8.96. The minimum atomic E-state index is -0.885. The van der Waals surface area contributed by atoms with E-state index in [-0.39, 0.29) is 51.5 Å². The summed E-state index contributed by atoms with van der Waals surface area (Å²) in [5.74, 6) is -1.96. The number of benzene rings is 14. The monoisotopic (exact) mass is 1980 g/mol. The van der Waals surface area contributed by atoms with Gasteiger partial charge in [0.1, 0.15) is 11.2 Å². The number of cyclic esters (lactones) is 1. The summed E-state index contributed by atoms with van der Waals surface area (Å²) in [5.41, 5.74) is 16.9. The fraction of sp³-hybridized carbons (Fsp3) is 0.295. The molecule has 1 N–H and O–H groups in total. The van der Waals surface area contributed by atoms with Gasteiger partial charge in [0.05, 0.1) is 28.9 Å². The number of carbonyl (C=O) groups excluding carboxylic acids is 2. The van der Waals surface area contributed by atoms with Crippen LogP contribution in [0, 0.1) is 16.2 Å². The summed E-state index contributed by atoms with van der Waals surface area (Å²) in [5, 5.41) is 14.1. The summed E-state index contributed by atoms with van der Waals surface area (Å²) < 4.78 is 18.3. The van der Waals surface area contributed by atoms with Gasteiger partial charge < -0.3 is 34.0 Å². The van der Waals surface area contributed by atoms with Crippen LogP contribution in [-0.2, 0) is 80.7 Å². The molecule has 0 amide bonds. The van der Waals surface area contributed by atoms with Crippen LogP contribution in [0.1, 0.15) is 221 Å². The van der Waals surface area contributed by atoms with Crippen molar-refractivity contribution < 1.29 is 33.7 Å². The molecular formula is C132H147N3O7S3. The van der Waals surface area contributed by atoms with E-state index in [1.807, 2.05) is 92.3 Å². The molecule has 14 aromatic carbocycles. The highest BCUT2D eigenvalue weighted by Gasteiger charge is 2.47. The average Bonchev–Trinajstić information content (AvgIpc) is 1.11. The van der Waals surface area contributed by atoms with Gasteiger partial charge in [0.25, 0.3) is 0 Å². The molecule has 13 heteroatoms. The lowest BCUT2D eigenvalue weighted by Gasteiger charge is -2.43. The lowest BCUT2D eigenvalue weighted by Crippen LogP contribution is -2.42. The van der Waals surface area contributed by atoms with Crippen LogP contribution in [-0.4, -0.2) is 46.4 Å². The molecule has 2 aliphatic rings. The van der Waals surface area contributed by atoms with E-state index < -0.39 is 17.2 Å². The molecule has 14 aromatic rings. The number of carboxylic acid groups (broad SMARTS) is 1. The molecule has 10 nitrogen and oxygen atoms in total. The highest BCUT2D eigenvalue weighted by atomic mass is 32.2. The van der Waals surface area contributed by atoms with E-state index in [1.165, 1.54) is 75.5 Å². The molecule has 0 radical (unpaired) electrons. The van der Waals surface area contributed by atoms with Crippen LogP contribution in [0.2, 0.25) is 0 Å². The largest absolute Gasteiger partial charge is 0.478 e. The highest BCUT2D eigenvalue weighted by Crippen LogP contribution is 2.53. The molecule has 750 valence electrons. The molecule has 1 fully saturated rings. The molecule has 5 atom stereocenters. The third-order valence-corrected chi connectivity index (χ3v) is 29.2. The Morgan fingerprint density at radius 2 is 0.648 bits per heavy atom. The van der Waals surface area contributed by atoms with Crippen molar-refractivity contribution in [1.29, 1.82) is 0 Å². The fourth-order valence-corrected chi connectivity index (χ4v) is 22.2. The van der Waals surface area contributed by atoms with Gasteiger partial charge in [0.15, 0.2) is 0 Å². The number of aryl methyl sites for hydroxylation is 2. The third-order valence-electron chi connectivity index (χ3n) is 26.2. The lowest BCUT2D eigenvalue weighted by molar-refractivity contribution is -0.159. The van der Waals surface area contributed by atoms with Gasteiger partial charge in [-0.1, -0.05) is 458 Å².